The van der Waals surface area contributed by atoms with Crippen LogP contribution in [0.5, 0.6) is 5.75 Å². The summed E-state index contributed by atoms with van der Waals surface area (Å²) in [7, 11) is -3.41. The number of carbonyl (C=O) groups is 1. The molecule has 6 nitrogen and oxygen atoms in total. The Labute approximate surface area is 204 Å². The van der Waals surface area contributed by atoms with Crippen molar-refractivity contribution in [3.8, 4) is 5.75 Å². The van der Waals surface area contributed by atoms with Gasteiger partial charge in [0.1, 0.15) is 0 Å². The van der Waals surface area contributed by atoms with Gasteiger partial charge in [0, 0.05) is 17.8 Å². The lowest BCUT2D eigenvalue weighted by atomic mass is 9.78. The topological polar surface area (TPSA) is 84.5 Å². The smallest absolute Gasteiger partial charge is 0.235 e. The third-order valence-corrected chi connectivity index (χ3v) is 6.40. The van der Waals surface area contributed by atoms with Gasteiger partial charge in [-0.15, -0.1) is 11.6 Å². The number of amides is 1. The highest BCUT2D eigenvalue weighted by Crippen LogP contribution is 2.40. The summed E-state index contributed by atoms with van der Waals surface area (Å²) in [5, 5.41) is 3.56. The zero-order valence-electron chi connectivity index (χ0n) is 18.2. The zero-order valence-corrected chi connectivity index (χ0v) is 21.3. The Morgan fingerprint density at radius 1 is 1.06 bits per heavy atom. The predicted octanol–water partition coefficient (Wildman–Crippen LogP) is 4.49. The van der Waals surface area contributed by atoms with Gasteiger partial charge >= 0.3 is 0 Å². The summed E-state index contributed by atoms with van der Waals surface area (Å²) in [6, 6.07) is 11.5. The van der Waals surface area contributed by atoms with Crippen LogP contribution in [-0.2, 0) is 26.8 Å². The number of carbonyl (C=O) groups excluding carboxylic acids is 1. The van der Waals surface area contributed by atoms with Crippen LogP contribution >= 0.6 is 34.8 Å². The molecule has 0 unspecified atom stereocenters. The SMILES string of the molecule is CC(C)(c1ccc(CNC(=O)CNS(C)(=O)=O)cc1)c1cc(Cl)c(OCCCCl)c(Cl)c1. The second kappa shape index (κ2) is 11.6. The molecule has 0 spiro atoms. The summed E-state index contributed by atoms with van der Waals surface area (Å²) in [5.74, 6) is 0.546. The van der Waals surface area contributed by atoms with E-state index in [0.29, 0.717) is 34.7 Å². The lowest BCUT2D eigenvalue weighted by Gasteiger charge is -2.27. The van der Waals surface area contributed by atoms with Crippen molar-refractivity contribution in [3.63, 3.8) is 0 Å². The maximum Gasteiger partial charge on any atom is 0.235 e. The van der Waals surface area contributed by atoms with Gasteiger partial charge in [0.2, 0.25) is 15.9 Å². The van der Waals surface area contributed by atoms with Crippen LogP contribution in [-0.4, -0.2) is 39.6 Å². The summed E-state index contributed by atoms with van der Waals surface area (Å²) in [6.07, 6.45) is 1.70. The van der Waals surface area contributed by atoms with Gasteiger partial charge in [0.25, 0.3) is 0 Å². The number of ether oxygens (including phenoxy) is 1. The zero-order chi connectivity index (χ0) is 23.9. The van der Waals surface area contributed by atoms with Gasteiger partial charge in [0.05, 0.1) is 29.5 Å². The minimum atomic E-state index is -3.41. The molecule has 0 aliphatic heterocycles. The fourth-order valence-corrected chi connectivity index (χ4v) is 4.05. The molecule has 2 rings (SSSR count). The molecule has 2 aromatic carbocycles. The minimum Gasteiger partial charge on any atom is -0.490 e. The largest absolute Gasteiger partial charge is 0.490 e. The average molecular weight is 522 g/mol. The third-order valence-electron chi connectivity index (χ3n) is 4.90. The van der Waals surface area contributed by atoms with Crippen molar-refractivity contribution in [2.24, 2.45) is 0 Å². The van der Waals surface area contributed by atoms with Crippen molar-refractivity contribution < 1.29 is 17.9 Å². The van der Waals surface area contributed by atoms with E-state index in [1.165, 1.54) is 0 Å². The van der Waals surface area contributed by atoms with Crippen LogP contribution in [0.1, 0.15) is 37.0 Å². The van der Waals surface area contributed by atoms with Crippen LogP contribution in [0, 0.1) is 0 Å². The number of sulfonamides is 1. The van der Waals surface area contributed by atoms with Crippen molar-refractivity contribution in [1.29, 1.82) is 0 Å². The fourth-order valence-electron chi connectivity index (χ4n) is 2.95. The van der Waals surface area contributed by atoms with Gasteiger partial charge in [-0.25, -0.2) is 13.1 Å². The predicted molar refractivity (Wildman–Crippen MR) is 131 cm³/mol. The number of benzene rings is 2. The van der Waals surface area contributed by atoms with Crippen molar-refractivity contribution in [3.05, 3.63) is 63.1 Å². The summed E-state index contributed by atoms with van der Waals surface area (Å²) >= 11 is 18.5. The van der Waals surface area contributed by atoms with Gasteiger partial charge < -0.3 is 10.1 Å². The highest BCUT2D eigenvalue weighted by Gasteiger charge is 2.25. The van der Waals surface area contributed by atoms with Crippen LogP contribution in [0.3, 0.4) is 0 Å². The average Bonchev–Trinajstić information content (AvgIpc) is 2.72. The van der Waals surface area contributed by atoms with Crippen LogP contribution in [0.15, 0.2) is 36.4 Å². The van der Waals surface area contributed by atoms with E-state index in [-0.39, 0.29) is 18.5 Å². The fraction of sp³-hybridized carbons (Fsp3) is 0.409. The first-order valence-electron chi connectivity index (χ1n) is 9.93. The molecule has 0 aliphatic rings. The number of alkyl halides is 1. The summed E-state index contributed by atoms with van der Waals surface area (Å²) < 4.78 is 29.9. The highest BCUT2D eigenvalue weighted by atomic mass is 35.5. The maximum absolute atomic E-state index is 11.8. The van der Waals surface area contributed by atoms with Crippen molar-refractivity contribution in [2.45, 2.75) is 32.2 Å². The molecule has 2 aromatic rings. The molecule has 0 aliphatic carbocycles. The quantitative estimate of drug-likeness (QED) is 0.337. The number of hydrogen-bond donors (Lipinski definition) is 2. The minimum absolute atomic E-state index is 0.289. The molecule has 1 amide bonds. The second-order valence-corrected chi connectivity index (χ2v) is 10.9. The highest BCUT2D eigenvalue weighted by molar-refractivity contribution is 7.88. The molecular weight excluding hydrogens is 495 g/mol. The van der Waals surface area contributed by atoms with E-state index in [4.69, 9.17) is 39.5 Å². The summed E-state index contributed by atoms with van der Waals surface area (Å²) in [4.78, 5) is 11.8. The maximum atomic E-state index is 11.8. The molecule has 0 fully saturated rings. The molecule has 0 saturated heterocycles. The van der Waals surface area contributed by atoms with Crippen LogP contribution in [0.2, 0.25) is 10.0 Å². The Morgan fingerprint density at radius 2 is 1.66 bits per heavy atom. The number of rotatable bonds is 11. The lowest BCUT2D eigenvalue weighted by molar-refractivity contribution is -0.120. The first kappa shape index (κ1) is 26.7. The number of hydrogen-bond acceptors (Lipinski definition) is 4. The van der Waals surface area contributed by atoms with Gasteiger partial charge in [-0.3, -0.25) is 4.79 Å². The normalized spacial score (nSPS) is 11.9. The van der Waals surface area contributed by atoms with E-state index >= 15 is 0 Å². The van der Waals surface area contributed by atoms with Crippen LogP contribution < -0.4 is 14.8 Å². The molecule has 0 aromatic heterocycles. The summed E-state index contributed by atoms with van der Waals surface area (Å²) in [6.45, 7) is 4.56. The van der Waals surface area contributed by atoms with Crippen molar-refractivity contribution in [2.75, 3.05) is 25.3 Å². The Balaban J connectivity index is 2.08. The molecule has 2 N–H and O–H groups in total. The Kier molecular flexibility index (Phi) is 9.67. The standard InChI is InChI=1S/C22H27Cl3N2O4S/c1-22(2,17-11-18(24)21(19(25)12-17)31-10-4-9-23)16-7-5-15(6-8-16)13-26-20(28)14-27-32(3,29)30/h5-8,11-12,27H,4,9-10,13-14H2,1-3H3,(H,26,28). The van der Waals surface area contributed by atoms with Crippen molar-refractivity contribution in [1.82, 2.24) is 10.0 Å². The van der Waals surface area contributed by atoms with E-state index in [9.17, 15) is 13.2 Å². The van der Waals surface area contributed by atoms with E-state index in [0.717, 1.165) is 22.9 Å². The Bertz CT molecular complexity index is 1020. The third kappa shape index (κ3) is 7.81. The van der Waals surface area contributed by atoms with Crippen LogP contribution in [0.4, 0.5) is 0 Å². The van der Waals surface area contributed by atoms with Gasteiger partial charge in [-0.05, 0) is 35.2 Å². The van der Waals surface area contributed by atoms with E-state index in [2.05, 4.69) is 23.9 Å². The lowest BCUT2D eigenvalue weighted by Crippen LogP contribution is -2.36. The van der Waals surface area contributed by atoms with Crippen molar-refractivity contribution >= 4 is 50.7 Å². The molecule has 32 heavy (non-hydrogen) atoms. The monoisotopic (exact) mass is 520 g/mol. The second-order valence-electron chi connectivity index (χ2n) is 7.85. The molecule has 10 heteroatoms. The molecule has 0 saturated carbocycles. The molecule has 176 valence electrons. The molecular formula is C22H27Cl3N2O4S. The van der Waals surface area contributed by atoms with E-state index in [1.807, 2.05) is 36.4 Å². The molecule has 0 atom stereocenters. The van der Waals surface area contributed by atoms with E-state index < -0.39 is 15.9 Å². The number of halogens is 3. The first-order chi connectivity index (χ1) is 14.9. The summed E-state index contributed by atoms with van der Waals surface area (Å²) in [5.41, 5.74) is 2.47. The van der Waals surface area contributed by atoms with Gasteiger partial charge in [-0.2, -0.15) is 0 Å². The Morgan fingerprint density at radius 3 is 2.19 bits per heavy atom. The Hall–Kier alpha value is -1.51. The van der Waals surface area contributed by atoms with Gasteiger partial charge in [-0.1, -0.05) is 61.3 Å². The molecule has 0 radical (unpaired) electrons. The van der Waals surface area contributed by atoms with Gasteiger partial charge in [0.15, 0.2) is 5.75 Å². The first-order valence-corrected chi connectivity index (χ1v) is 13.1. The van der Waals surface area contributed by atoms with E-state index in [1.54, 1.807) is 0 Å². The number of nitrogens with one attached hydrogen (secondary N) is 2. The van der Waals surface area contributed by atoms with Crippen LogP contribution in [0.25, 0.3) is 0 Å². The molecule has 0 heterocycles. The molecule has 0 bridgehead atoms.